The summed E-state index contributed by atoms with van der Waals surface area (Å²) in [7, 11) is 0. The van der Waals surface area contributed by atoms with Crippen LogP contribution in [0.25, 0.3) is 0 Å². The first-order valence-corrected chi connectivity index (χ1v) is 6.97. The number of nitrogens with one attached hydrogen (secondary N) is 1. The summed E-state index contributed by atoms with van der Waals surface area (Å²) in [6.07, 6.45) is 5.40. The zero-order valence-electron chi connectivity index (χ0n) is 12.4. The molecule has 20 heavy (non-hydrogen) atoms. The number of nitrogens with zero attached hydrogens (tertiary/aromatic N) is 2. The molecule has 2 heterocycles. The first kappa shape index (κ1) is 15.0. The lowest BCUT2D eigenvalue weighted by Crippen LogP contribution is -2.51. The minimum absolute atomic E-state index is 0.0111. The van der Waals surface area contributed by atoms with Crippen molar-refractivity contribution in [1.29, 1.82) is 0 Å². The highest BCUT2D eigenvalue weighted by atomic mass is 16.5. The maximum absolute atomic E-state index is 12.3. The molecule has 0 spiro atoms. The van der Waals surface area contributed by atoms with Gasteiger partial charge in [0.15, 0.2) is 0 Å². The van der Waals surface area contributed by atoms with Crippen molar-refractivity contribution in [2.24, 2.45) is 17.1 Å². The number of ether oxygens (including phenoxy) is 1. The van der Waals surface area contributed by atoms with Crippen molar-refractivity contribution in [2.45, 2.75) is 39.4 Å². The molecule has 1 fully saturated rings. The molecule has 0 aromatic carbocycles. The van der Waals surface area contributed by atoms with Crippen molar-refractivity contribution in [3.8, 4) is 0 Å². The highest BCUT2D eigenvalue weighted by molar-refractivity contribution is 5.80. The third-order valence-corrected chi connectivity index (χ3v) is 3.78. The van der Waals surface area contributed by atoms with Crippen LogP contribution in [-0.2, 0) is 16.1 Å². The van der Waals surface area contributed by atoms with Crippen LogP contribution in [0.15, 0.2) is 18.7 Å². The summed E-state index contributed by atoms with van der Waals surface area (Å²) in [6, 6.07) is -0.194. The summed E-state index contributed by atoms with van der Waals surface area (Å²) in [5, 5.41) is 3.12. The largest absolute Gasteiger partial charge is 0.379 e. The molecule has 3 atom stereocenters. The average molecular weight is 280 g/mol. The van der Waals surface area contributed by atoms with E-state index < -0.39 is 0 Å². The van der Waals surface area contributed by atoms with Crippen LogP contribution < -0.4 is 11.1 Å². The Bertz CT molecular complexity index is 439. The number of carbonyl (C=O) groups excluding carboxylic acids is 1. The molecule has 1 saturated heterocycles. The lowest BCUT2D eigenvalue weighted by Gasteiger charge is -2.33. The summed E-state index contributed by atoms with van der Waals surface area (Å²) in [5.41, 5.74) is 5.85. The molecule has 0 radical (unpaired) electrons. The Morgan fingerprint density at radius 3 is 2.80 bits per heavy atom. The van der Waals surface area contributed by atoms with Gasteiger partial charge in [-0.05, 0) is 5.41 Å². The fourth-order valence-electron chi connectivity index (χ4n) is 2.26. The van der Waals surface area contributed by atoms with E-state index >= 15 is 0 Å². The van der Waals surface area contributed by atoms with Gasteiger partial charge in [-0.2, -0.15) is 0 Å². The van der Waals surface area contributed by atoms with Crippen molar-refractivity contribution >= 4 is 5.91 Å². The fraction of sp³-hybridized carbons (Fsp3) is 0.714. The van der Waals surface area contributed by atoms with Crippen LogP contribution in [0, 0.1) is 11.3 Å². The van der Waals surface area contributed by atoms with Crippen molar-refractivity contribution in [3.05, 3.63) is 18.7 Å². The predicted molar refractivity (Wildman–Crippen MR) is 75.9 cm³/mol. The summed E-state index contributed by atoms with van der Waals surface area (Å²) >= 11 is 0. The highest BCUT2D eigenvalue weighted by Crippen LogP contribution is 2.22. The van der Waals surface area contributed by atoms with E-state index in [1.54, 1.807) is 12.5 Å². The van der Waals surface area contributed by atoms with Gasteiger partial charge in [-0.3, -0.25) is 4.79 Å². The molecule has 3 unspecified atom stereocenters. The van der Waals surface area contributed by atoms with Gasteiger partial charge in [-0.25, -0.2) is 4.98 Å². The molecular weight excluding hydrogens is 256 g/mol. The van der Waals surface area contributed by atoms with Crippen LogP contribution in [0.1, 0.15) is 20.8 Å². The van der Waals surface area contributed by atoms with Crippen LogP contribution in [0.2, 0.25) is 0 Å². The van der Waals surface area contributed by atoms with Gasteiger partial charge in [0, 0.05) is 25.0 Å². The molecule has 0 saturated carbocycles. The highest BCUT2D eigenvalue weighted by Gasteiger charge is 2.34. The van der Waals surface area contributed by atoms with Crippen molar-refractivity contribution < 1.29 is 9.53 Å². The first-order chi connectivity index (χ1) is 9.38. The van der Waals surface area contributed by atoms with E-state index in [9.17, 15) is 4.79 Å². The summed E-state index contributed by atoms with van der Waals surface area (Å²) < 4.78 is 7.24. The maximum Gasteiger partial charge on any atom is 0.227 e. The molecule has 0 bridgehead atoms. The quantitative estimate of drug-likeness (QED) is 0.836. The van der Waals surface area contributed by atoms with Crippen molar-refractivity contribution in [3.63, 3.8) is 0 Å². The Labute approximate surface area is 119 Å². The molecule has 1 aromatic heterocycles. The molecule has 1 aliphatic heterocycles. The second-order valence-electron chi connectivity index (χ2n) is 6.49. The van der Waals surface area contributed by atoms with Gasteiger partial charge in [0.05, 0.1) is 31.5 Å². The molecule has 3 N–H and O–H groups in total. The zero-order chi connectivity index (χ0) is 14.8. The molecule has 6 nitrogen and oxygen atoms in total. The van der Waals surface area contributed by atoms with Gasteiger partial charge in [0.1, 0.15) is 0 Å². The Morgan fingerprint density at radius 2 is 2.30 bits per heavy atom. The lowest BCUT2D eigenvalue weighted by atomic mass is 9.86. The monoisotopic (exact) mass is 280 g/mol. The number of amides is 1. The van der Waals surface area contributed by atoms with E-state index in [2.05, 4.69) is 31.1 Å². The number of aromatic nitrogens is 2. The Morgan fingerprint density at radius 1 is 1.55 bits per heavy atom. The molecule has 1 aromatic rings. The molecule has 6 heteroatoms. The number of hydrogen-bond donors (Lipinski definition) is 2. The van der Waals surface area contributed by atoms with E-state index in [0.717, 1.165) is 0 Å². The molecular formula is C14H24N4O2. The molecule has 112 valence electrons. The summed E-state index contributed by atoms with van der Waals surface area (Å²) in [4.78, 5) is 16.4. The van der Waals surface area contributed by atoms with E-state index in [0.29, 0.717) is 19.8 Å². The Kier molecular flexibility index (Phi) is 4.45. The van der Waals surface area contributed by atoms with E-state index in [-0.39, 0.29) is 29.3 Å². The zero-order valence-corrected chi connectivity index (χ0v) is 12.4. The van der Waals surface area contributed by atoms with Gasteiger partial charge in [0.25, 0.3) is 0 Å². The van der Waals surface area contributed by atoms with E-state index in [4.69, 9.17) is 10.5 Å². The number of imidazole rings is 1. The SMILES string of the molecule is CC(C)(C)C(Cn1ccnc1)NC(=O)C1COCC1N. The van der Waals surface area contributed by atoms with Gasteiger partial charge < -0.3 is 20.4 Å². The molecule has 2 rings (SSSR count). The van der Waals surface area contributed by atoms with E-state index in [1.165, 1.54) is 0 Å². The van der Waals surface area contributed by atoms with Crippen LogP contribution in [0.3, 0.4) is 0 Å². The van der Waals surface area contributed by atoms with Crippen LogP contribution in [-0.4, -0.2) is 40.8 Å². The second-order valence-corrected chi connectivity index (χ2v) is 6.49. The molecule has 1 amide bonds. The first-order valence-electron chi connectivity index (χ1n) is 6.97. The maximum atomic E-state index is 12.3. The summed E-state index contributed by atoms with van der Waals surface area (Å²) in [6.45, 7) is 7.90. The lowest BCUT2D eigenvalue weighted by molar-refractivity contribution is -0.126. The minimum Gasteiger partial charge on any atom is -0.379 e. The Balaban J connectivity index is 2.02. The number of carbonyl (C=O) groups is 1. The molecule has 0 aliphatic carbocycles. The smallest absolute Gasteiger partial charge is 0.227 e. The molecule has 1 aliphatic rings. The number of rotatable bonds is 4. The van der Waals surface area contributed by atoms with Gasteiger partial charge >= 0.3 is 0 Å². The number of nitrogens with two attached hydrogens (primary N) is 1. The van der Waals surface area contributed by atoms with Crippen LogP contribution >= 0.6 is 0 Å². The van der Waals surface area contributed by atoms with Gasteiger partial charge in [-0.1, -0.05) is 20.8 Å². The normalized spacial score (nSPS) is 24.6. The Hall–Kier alpha value is -1.40. The summed E-state index contributed by atoms with van der Waals surface area (Å²) in [5.74, 6) is -0.266. The predicted octanol–water partition coefficient (Wildman–Crippen LogP) is 0.388. The number of hydrogen-bond acceptors (Lipinski definition) is 4. The second kappa shape index (κ2) is 5.93. The van der Waals surface area contributed by atoms with Crippen molar-refractivity contribution in [2.75, 3.05) is 13.2 Å². The van der Waals surface area contributed by atoms with Crippen molar-refractivity contribution in [1.82, 2.24) is 14.9 Å². The topological polar surface area (TPSA) is 82.2 Å². The van der Waals surface area contributed by atoms with E-state index in [1.807, 2.05) is 10.8 Å². The third-order valence-electron chi connectivity index (χ3n) is 3.78. The third kappa shape index (κ3) is 3.58. The van der Waals surface area contributed by atoms with Crippen LogP contribution in [0.5, 0.6) is 0 Å². The minimum atomic E-state index is -0.248. The van der Waals surface area contributed by atoms with Gasteiger partial charge in [0.2, 0.25) is 5.91 Å². The average Bonchev–Trinajstić information content (AvgIpc) is 2.98. The van der Waals surface area contributed by atoms with Crippen LogP contribution in [0.4, 0.5) is 0 Å². The fourth-order valence-corrected chi connectivity index (χ4v) is 2.26. The van der Waals surface area contributed by atoms with Gasteiger partial charge in [-0.15, -0.1) is 0 Å². The standard InChI is InChI=1S/C14H24N4O2/c1-14(2,3)12(6-18-5-4-16-9-18)17-13(19)10-7-20-8-11(10)15/h4-5,9-12H,6-8,15H2,1-3H3,(H,17,19).